The van der Waals surface area contributed by atoms with Crippen LogP contribution in [-0.4, -0.2) is 78.5 Å². The summed E-state index contributed by atoms with van der Waals surface area (Å²) in [7, 11) is 2.12. The topological polar surface area (TPSA) is 53.1 Å². The van der Waals surface area contributed by atoms with Gasteiger partial charge >= 0.3 is 5.97 Å². The van der Waals surface area contributed by atoms with E-state index in [2.05, 4.69) is 30.4 Å². The first-order valence-electron chi connectivity index (χ1n) is 8.34. The van der Waals surface area contributed by atoms with E-state index in [4.69, 9.17) is 4.74 Å². The molecule has 3 rings (SSSR count). The zero-order chi connectivity index (χ0) is 16.6. The van der Waals surface area contributed by atoms with Crippen LogP contribution in [0.3, 0.4) is 0 Å². The molecular formula is C17H25N3O3. The highest BCUT2D eigenvalue weighted by Gasteiger charge is 2.54. The van der Waals surface area contributed by atoms with Gasteiger partial charge in [-0.2, -0.15) is 0 Å². The molecule has 0 aromatic carbocycles. The normalized spacial score (nSPS) is 28.6. The highest BCUT2D eigenvalue weighted by Crippen LogP contribution is 2.42. The summed E-state index contributed by atoms with van der Waals surface area (Å²) in [6, 6.07) is 0.268. The molecule has 0 radical (unpaired) electrons. The second-order valence-electron chi connectivity index (χ2n) is 6.43. The molecule has 2 atom stereocenters. The van der Waals surface area contributed by atoms with E-state index in [0.717, 1.165) is 38.2 Å². The summed E-state index contributed by atoms with van der Waals surface area (Å²) in [5, 5.41) is 0. The Morgan fingerprint density at radius 1 is 1.35 bits per heavy atom. The Morgan fingerprint density at radius 3 is 2.61 bits per heavy atom. The molecule has 0 saturated carbocycles. The first kappa shape index (κ1) is 16.2. The van der Waals surface area contributed by atoms with Gasteiger partial charge in [0.25, 0.3) is 0 Å². The third-order valence-electron chi connectivity index (χ3n) is 5.09. The van der Waals surface area contributed by atoms with Crippen LogP contribution in [0.2, 0.25) is 0 Å². The molecule has 2 saturated heterocycles. The summed E-state index contributed by atoms with van der Waals surface area (Å²) < 4.78 is 5.23. The smallest absolute Gasteiger partial charge is 0.355 e. The van der Waals surface area contributed by atoms with Gasteiger partial charge in [-0.3, -0.25) is 9.69 Å². The van der Waals surface area contributed by atoms with Crippen molar-refractivity contribution in [2.75, 3.05) is 39.8 Å². The summed E-state index contributed by atoms with van der Waals surface area (Å²) in [5.41, 5.74) is 1.54. The van der Waals surface area contributed by atoms with E-state index in [0.29, 0.717) is 12.1 Å². The lowest BCUT2D eigenvalue weighted by Crippen LogP contribution is -2.60. The molecule has 3 aliphatic rings. The molecule has 23 heavy (non-hydrogen) atoms. The second kappa shape index (κ2) is 6.45. The molecule has 0 N–H and O–H groups in total. The Hall–Kier alpha value is -1.66. The predicted molar refractivity (Wildman–Crippen MR) is 86.6 cm³/mol. The average molecular weight is 319 g/mol. The molecule has 6 nitrogen and oxygen atoms in total. The van der Waals surface area contributed by atoms with Crippen LogP contribution in [0.4, 0.5) is 0 Å². The maximum absolute atomic E-state index is 12.4. The van der Waals surface area contributed by atoms with Crippen LogP contribution in [0.5, 0.6) is 0 Å². The third kappa shape index (κ3) is 2.70. The van der Waals surface area contributed by atoms with Crippen molar-refractivity contribution in [3.63, 3.8) is 0 Å². The van der Waals surface area contributed by atoms with Gasteiger partial charge < -0.3 is 14.5 Å². The Kier molecular flexibility index (Phi) is 4.55. The molecule has 3 heterocycles. The van der Waals surface area contributed by atoms with Gasteiger partial charge in [0.15, 0.2) is 0 Å². The zero-order valence-corrected chi connectivity index (χ0v) is 14.0. The van der Waals surface area contributed by atoms with Crippen LogP contribution in [-0.2, 0) is 14.3 Å². The van der Waals surface area contributed by atoms with Gasteiger partial charge in [0.1, 0.15) is 12.3 Å². The lowest BCUT2D eigenvalue weighted by Gasteiger charge is -2.44. The molecule has 6 heteroatoms. The van der Waals surface area contributed by atoms with Gasteiger partial charge in [-0.15, -0.1) is 0 Å². The zero-order valence-electron chi connectivity index (χ0n) is 14.0. The van der Waals surface area contributed by atoms with Gasteiger partial charge in [-0.05, 0) is 19.0 Å². The number of fused-ring (bicyclic) bond motifs is 1. The Labute approximate surface area is 137 Å². The second-order valence-corrected chi connectivity index (χ2v) is 6.43. The number of hydrogen-bond acceptors (Lipinski definition) is 5. The fraction of sp³-hybridized carbons (Fsp3) is 0.647. The van der Waals surface area contributed by atoms with E-state index in [-0.39, 0.29) is 24.6 Å². The molecular weight excluding hydrogens is 294 g/mol. The van der Waals surface area contributed by atoms with Crippen molar-refractivity contribution >= 4 is 11.9 Å². The van der Waals surface area contributed by atoms with E-state index >= 15 is 0 Å². The van der Waals surface area contributed by atoms with Crippen molar-refractivity contribution in [3.05, 3.63) is 23.9 Å². The number of likely N-dealkylation sites (N-methyl/N-ethyl adjacent to an activating group) is 1. The molecule has 0 aromatic heterocycles. The number of piperazine rings is 1. The molecule has 3 aliphatic heterocycles. The quantitative estimate of drug-likeness (QED) is 0.422. The predicted octanol–water partition coefficient (Wildman–Crippen LogP) is 0.610. The fourth-order valence-corrected chi connectivity index (χ4v) is 3.88. The summed E-state index contributed by atoms with van der Waals surface area (Å²) in [6.45, 7) is 9.77. The fourth-order valence-electron chi connectivity index (χ4n) is 3.88. The van der Waals surface area contributed by atoms with Crippen LogP contribution < -0.4 is 0 Å². The van der Waals surface area contributed by atoms with E-state index in [1.807, 2.05) is 0 Å². The Bertz CT molecular complexity index is 549. The molecule has 0 spiro atoms. The van der Waals surface area contributed by atoms with Crippen LogP contribution in [0, 0.1) is 0 Å². The number of carbonyl (C=O) groups excluding carboxylic acids is 2. The number of amides is 1. The minimum absolute atomic E-state index is 0.0307. The van der Waals surface area contributed by atoms with Crippen molar-refractivity contribution in [3.8, 4) is 0 Å². The standard InChI is InChI=1S/C17H25N3O3/c1-4-10-23-17(22)16-12(5-2)15(13-11-14(21)20(13)16)19-8-6-18(3)7-9-19/h4,13,15H,1,5-11H2,2-3H3. The molecule has 1 amide bonds. The van der Waals surface area contributed by atoms with Crippen molar-refractivity contribution < 1.29 is 14.3 Å². The minimum atomic E-state index is -0.392. The van der Waals surface area contributed by atoms with Crippen molar-refractivity contribution in [2.24, 2.45) is 0 Å². The van der Waals surface area contributed by atoms with Crippen LogP contribution in [0.25, 0.3) is 0 Å². The first-order valence-corrected chi connectivity index (χ1v) is 8.34. The Morgan fingerprint density at radius 2 is 2.04 bits per heavy atom. The van der Waals surface area contributed by atoms with Crippen LogP contribution in [0.15, 0.2) is 23.9 Å². The summed E-state index contributed by atoms with van der Waals surface area (Å²) in [5.74, 6) is -0.362. The van der Waals surface area contributed by atoms with E-state index in [9.17, 15) is 9.59 Å². The summed E-state index contributed by atoms with van der Waals surface area (Å²) in [4.78, 5) is 30.9. The summed E-state index contributed by atoms with van der Waals surface area (Å²) in [6.07, 6.45) is 2.83. The molecule has 2 unspecified atom stereocenters. The van der Waals surface area contributed by atoms with Gasteiger partial charge in [0, 0.05) is 32.6 Å². The van der Waals surface area contributed by atoms with Gasteiger partial charge in [0.05, 0.1) is 12.1 Å². The van der Waals surface area contributed by atoms with E-state index in [1.54, 1.807) is 11.0 Å². The monoisotopic (exact) mass is 319 g/mol. The molecule has 126 valence electrons. The number of ether oxygens (including phenoxy) is 1. The van der Waals surface area contributed by atoms with Crippen LogP contribution in [0.1, 0.15) is 19.8 Å². The Balaban J connectivity index is 1.87. The van der Waals surface area contributed by atoms with Gasteiger partial charge in [-0.25, -0.2) is 4.79 Å². The molecule has 0 aliphatic carbocycles. The highest BCUT2D eigenvalue weighted by molar-refractivity contribution is 5.99. The lowest BCUT2D eigenvalue weighted by atomic mass is 9.92. The number of β-lactam (4-membered cyclic amide) rings is 1. The van der Waals surface area contributed by atoms with Crippen molar-refractivity contribution in [2.45, 2.75) is 31.8 Å². The number of esters is 1. The van der Waals surface area contributed by atoms with Crippen molar-refractivity contribution in [1.82, 2.24) is 14.7 Å². The van der Waals surface area contributed by atoms with Crippen molar-refractivity contribution in [1.29, 1.82) is 0 Å². The van der Waals surface area contributed by atoms with Crippen LogP contribution >= 0.6 is 0 Å². The van der Waals surface area contributed by atoms with Gasteiger partial charge in [-0.1, -0.05) is 19.6 Å². The lowest BCUT2D eigenvalue weighted by molar-refractivity contribution is -0.151. The molecule has 2 fully saturated rings. The number of rotatable bonds is 5. The third-order valence-corrected chi connectivity index (χ3v) is 5.09. The minimum Gasteiger partial charge on any atom is -0.457 e. The SMILES string of the molecule is C=CCOC(=O)C1=C(CC)C(N2CCN(C)CC2)C2CC(=O)N12. The molecule has 0 aromatic rings. The number of hydrogen-bond donors (Lipinski definition) is 0. The maximum atomic E-state index is 12.4. The van der Waals surface area contributed by atoms with Gasteiger partial charge in [0.2, 0.25) is 5.91 Å². The summed E-state index contributed by atoms with van der Waals surface area (Å²) >= 11 is 0. The first-order chi connectivity index (χ1) is 11.1. The van der Waals surface area contributed by atoms with E-state index < -0.39 is 5.97 Å². The number of nitrogens with zero attached hydrogens (tertiary/aromatic N) is 3. The number of carbonyl (C=O) groups is 2. The maximum Gasteiger partial charge on any atom is 0.355 e. The van der Waals surface area contributed by atoms with E-state index in [1.165, 1.54) is 0 Å². The molecule has 0 bridgehead atoms. The average Bonchev–Trinajstić information content (AvgIpc) is 2.81. The largest absolute Gasteiger partial charge is 0.457 e. The highest BCUT2D eigenvalue weighted by atomic mass is 16.5.